The van der Waals surface area contributed by atoms with Gasteiger partial charge in [0, 0.05) is 0 Å². The van der Waals surface area contributed by atoms with E-state index >= 15 is 0 Å². The van der Waals surface area contributed by atoms with Gasteiger partial charge in [-0.05, 0) is 31.1 Å². The summed E-state index contributed by atoms with van der Waals surface area (Å²) >= 11 is 0. The molecular formula is C12H18O2. The van der Waals surface area contributed by atoms with E-state index in [4.69, 9.17) is 0 Å². The number of aliphatic carboxylic acids is 1. The number of carboxylic acids is 1. The molecule has 78 valence electrons. The molecule has 14 heavy (non-hydrogen) atoms. The van der Waals surface area contributed by atoms with E-state index in [1.807, 2.05) is 0 Å². The van der Waals surface area contributed by atoms with Crippen LogP contribution in [0.1, 0.15) is 39.0 Å². The van der Waals surface area contributed by atoms with Crippen molar-refractivity contribution in [3.05, 3.63) is 12.2 Å². The molecule has 0 amide bonds. The van der Waals surface area contributed by atoms with Crippen LogP contribution in [-0.4, -0.2) is 11.1 Å². The summed E-state index contributed by atoms with van der Waals surface area (Å²) in [7, 11) is 0. The highest BCUT2D eigenvalue weighted by molar-refractivity contribution is 5.76. The Kier molecular flexibility index (Phi) is 2.38. The molecule has 2 bridgehead atoms. The number of fused-ring (bicyclic) bond motifs is 2. The number of carboxylic acid groups (broad SMARTS) is 1. The second-order valence-electron chi connectivity index (χ2n) is 4.76. The number of hydrogen-bond acceptors (Lipinski definition) is 1. The summed E-state index contributed by atoms with van der Waals surface area (Å²) in [6.45, 7) is 2.12. The monoisotopic (exact) mass is 194 g/mol. The highest BCUT2D eigenvalue weighted by Gasteiger charge is 2.52. The van der Waals surface area contributed by atoms with Crippen molar-refractivity contribution in [2.75, 3.05) is 0 Å². The second-order valence-corrected chi connectivity index (χ2v) is 4.76. The lowest BCUT2D eigenvalue weighted by molar-refractivity contribution is -0.151. The maximum atomic E-state index is 11.4. The van der Waals surface area contributed by atoms with Gasteiger partial charge in [-0.1, -0.05) is 31.9 Å². The molecule has 2 nitrogen and oxygen atoms in total. The maximum Gasteiger partial charge on any atom is 0.310 e. The molecule has 2 aliphatic carbocycles. The average Bonchev–Trinajstić information content (AvgIpc) is 2.74. The van der Waals surface area contributed by atoms with Gasteiger partial charge < -0.3 is 5.11 Å². The summed E-state index contributed by atoms with van der Waals surface area (Å²) in [6, 6.07) is 0. The van der Waals surface area contributed by atoms with E-state index in [1.165, 1.54) is 0 Å². The van der Waals surface area contributed by atoms with Crippen LogP contribution >= 0.6 is 0 Å². The van der Waals surface area contributed by atoms with Gasteiger partial charge in [0.05, 0.1) is 5.41 Å². The van der Waals surface area contributed by atoms with Crippen molar-refractivity contribution < 1.29 is 9.90 Å². The Labute approximate surface area is 85.0 Å². The Hall–Kier alpha value is -0.790. The van der Waals surface area contributed by atoms with Crippen molar-refractivity contribution in [2.45, 2.75) is 39.0 Å². The van der Waals surface area contributed by atoms with Gasteiger partial charge >= 0.3 is 5.97 Å². The molecule has 0 aromatic rings. The highest BCUT2D eigenvalue weighted by Crippen LogP contribution is 2.54. The third-order valence-corrected chi connectivity index (χ3v) is 3.91. The number of carbonyl (C=O) groups is 1. The molecule has 1 saturated carbocycles. The fourth-order valence-electron chi connectivity index (χ4n) is 3.09. The topological polar surface area (TPSA) is 37.3 Å². The van der Waals surface area contributed by atoms with E-state index in [0.717, 1.165) is 32.1 Å². The first kappa shape index (κ1) is 9.75. The Morgan fingerprint density at radius 1 is 1.57 bits per heavy atom. The number of rotatable bonds is 4. The molecule has 0 aromatic heterocycles. The van der Waals surface area contributed by atoms with Gasteiger partial charge in [0.1, 0.15) is 0 Å². The van der Waals surface area contributed by atoms with Crippen molar-refractivity contribution in [1.82, 2.24) is 0 Å². The van der Waals surface area contributed by atoms with Crippen molar-refractivity contribution in [1.29, 1.82) is 0 Å². The molecule has 0 spiro atoms. The van der Waals surface area contributed by atoms with Crippen LogP contribution in [0.2, 0.25) is 0 Å². The van der Waals surface area contributed by atoms with Crippen LogP contribution < -0.4 is 0 Å². The summed E-state index contributed by atoms with van der Waals surface area (Å²) in [6.07, 6.45) is 9.30. The van der Waals surface area contributed by atoms with Crippen LogP contribution in [0.5, 0.6) is 0 Å². The minimum atomic E-state index is -0.567. The summed E-state index contributed by atoms with van der Waals surface area (Å²) in [5, 5.41) is 9.38. The summed E-state index contributed by atoms with van der Waals surface area (Å²) in [5.41, 5.74) is -0.407. The highest BCUT2D eigenvalue weighted by atomic mass is 16.4. The Morgan fingerprint density at radius 2 is 2.36 bits per heavy atom. The number of allylic oxidation sites excluding steroid dienone is 2. The molecule has 0 saturated heterocycles. The molecule has 2 aliphatic rings. The van der Waals surface area contributed by atoms with Gasteiger partial charge in [-0.15, -0.1) is 0 Å². The molecule has 1 fully saturated rings. The largest absolute Gasteiger partial charge is 0.481 e. The molecule has 0 heterocycles. The van der Waals surface area contributed by atoms with Crippen molar-refractivity contribution in [3.63, 3.8) is 0 Å². The normalized spacial score (nSPS) is 39.2. The van der Waals surface area contributed by atoms with Crippen LogP contribution in [0.4, 0.5) is 0 Å². The van der Waals surface area contributed by atoms with Gasteiger partial charge in [0.25, 0.3) is 0 Å². The van der Waals surface area contributed by atoms with E-state index in [1.54, 1.807) is 0 Å². The van der Waals surface area contributed by atoms with Gasteiger partial charge in [0.15, 0.2) is 0 Å². The van der Waals surface area contributed by atoms with E-state index < -0.39 is 11.4 Å². The molecule has 0 aliphatic heterocycles. The fraction of sp³-hybridized carbons (Fsp3) is 0.750. The standard InChI is InChI=1S/C12H18O2/c1-2-3-6-12(11(13)14)8-9-4-5-10(12)7-9/h4-5,9-10H,2-3,6-8H2,1H3,(H,13,14). The Balaban J connectivity index is 2.16. The number of hydrogen-bond donors (Lipinski definition) is 1. The Morgan fingerprint density at radius 3 is 2.79 bits per heavy atom. The smallest absolute Gasteiger partial charge is 0.310 e. The minimum absolute atomic E-state index is 0.316. The van der Waals surface area contributed by atoms with E-state index in [2.05, 4.69) is 19.1 Å². The first-order chi connectivity index (χ1) is 6.69. The average molecular weight is 194 g/mol. The van der Waals surface area contributed by atoms with Crippen molar-refractivity contribution in [3.8, 4) is 0 Å². The third-order valence-electron chi connectivity index (χ3n) is 3.91. The zero-order valence-corrected chi connectivity index (χ0v) is 8.70. The molecular weight excluding hydrogens is 176 g/mol. The predicted molar refractivity (Wildman–Crippen MR) is 54.9 cm³/mol. The molecule has 0 aromatic carbocycles. The molecule has 0 radical (unpaired) electrons. The lowest BCUT2D eigenvalue weighted by Gasteiger charge is -2.31. The quantitative estimate of drug-likeness (QED) is 0.699. The van der Waals surface area contributed by atoms with Gasteiger partial charge in [-0.25, -0.2) is 0 Å². The minimum Gasteiger partial charge on any atom is -0.481 e. The van der Waals surface area contributed by atoms with Crippen molar-refractivity contribution >= 4 is 5.97 Å². The van der Waals surface area contributed by atoms with Gasteiger partial charge in [-0.2, -0.15) is 0 Å². The van der Waals surface area contributed by atoms with E-state index in [0.29, 0.717) is 11.8 Å². The molecule has 1 N–H and O–H groups in total. The van der Waals surface area contributed by atoms with Crippen LogP contribution in [0.15, 0.2) is 12.2 Å². The second kappa shape index (κ2) is 3.41. The van der Waals surface area contributed by atoms with Gasteiger partial charge in [-0.3, -0.25) is 4.79 Å². The van der Waals surface area contributed by atoms with Crippen molar-refractivity contribution in [2.24, 2.45) is 17.3 Å². The van der Waals surface area contributed by atoms with Crippen LogP contribution in [-0.2, 0) is 4.79 Å². The molecule has 2 heteroatoms. The fourth-order valence-corrected chi connectivity index (χ4v) is 3.09. The maximum absolute atomic E-state index is 11.4. The third kappa shape index (κ3) is 1.28. The summed E-state index contributed by atoms with van der Waals surface area (Å²) < 4.78 is 0. The SMILES string of the molecule is CCCCC1(C(=O)O)CC2C=CC1C2. The molecule has 3 unspecified atom stereocenters. The summed E-state index contributed by atoms with van der Waals surface area (Å²) in [4.78, 5) is 11.4. The first-order valence-electron chi connectivity index (χ1n) is 5.61. The van der Waals surface area contributed by atoms with E-state index in [-0.39, 0.29) is 0 Å². The zero-order valence-electron chi connectivity index (χ0n) is 8.70. The van der Waals surface area contributed by atoms with Crippen LogP contribution in [0.25, 0.3) is 0 Å². The first-order valence-corrected chi connectivity index (χ1v) is 5.61. The lowest BCUT2D eigenvalue weighted by atomic mass is 9.72. The number of unbranched alkanes of at least 4 members (excludes halogenated alkanes) is 1. The van der Waals surface area contributed by atoms with Crippen LogP contribution in [0.3, 0.4) is 0 Å². The van der Waals surface area contributed by atoms with Crippen LogP contribution in [0, 0.1) is 17.3 Å². The molecule has 3 atom stereocenters. The molecule has 2 rings (SSSR count). The zero-order chi connectivity index (χ0) is 10.2. The lowest BCUT2D eigenvalue weighted by Crippen LogP contribution is -2.35. The van der Waals surface area contributed by atoms with Gasteiger partial charge in [0.2, 0.25) is 0 Å². The Bertz CT molecular complexity index is 269. The summed E-state index contributed by atoms with van der Waals surface area (Å²) in [5.74, 6) is 0.298. The van der Waals surface area contributed by atoms with E-state index in [9.17, 15) is 9.90 Å². The predicted octanol–water partition coefficient (Wildman–Crippen LogP) is 2.84.